The third kappa shape index (κ3) is 43.9. The molecule has 1 heterocycles. The number of carbonyl (C=O) groups is 1. The minimum absolute atomic E-state index is 0.0306. The number of rotatable bonds is 53. The largest absolute Gasteiger partial charge is 0.457 e. The number of aliphatic hydroxyl groups is 3. The molecular weight excluding hydrogens is 957 g/mol. The van der Waals surface area contributed by atoms with Crippen molar-refractivity contribution in [1.82, 2.24) is 0 Å². The molecule has 12 nitrogen and oxygen atoms in total. The predicted octanol–water partition coefficient (Wildman–Crippen LogP) is 15.2. The molecule has 74 heavy (non-hydrogen) atoms. The summed E-state index contributed by atoms with van der Waals surface area (Å²) < 4.78 is 59.5. The summed E-state index contributed by atoms with van der Waals surface area (Å²) in [5.74, 6) is -0.398. The molecule has 13 heteroatoms. The van der Waals surface area contributed by atoms with Crippen LogP contribution in [-0.2, 0) is 38.3 Å². The second-order valence-corrected chi connectivity index (χ2v) is 21.6. The molecule has 4 N–H and O–H groups in total. The van der Waals surface area contributed by atoms with E-state index in [4.69, 9.17) is 18.9 Å². The Kier molecular flexibility index (Phi) is 48.6. The lowest BCUT2D eigenvalue weighted by molar-refractivity contribution is -0.301. The first-order valence-corrected chi connectivity index (χ1v) is 31.4. The number of esters is 1. The highest BCUT2D eigenvalue weighted by molar-refractivity contribution is 7.80. The van der Waals surface area contributed by atoms with Gasteiger partial charge >= 0.3 is 16.4 Å². The first-order valence-electron chi connectivity index (χ1n) is 30.0. The monoisotopic (exact) mass is 1070 g/mol. The van der Waals surface area contributed by atoms with Gasteiger partial charge in [0.2, 0.25) is 0 Å². The van der Waals surface area contributed by atoms with Crippen molar-refractivity contribution in [3.63, 3.8) is 0 Å². The zero-order valence-corrected chi connectivity index (χ0v) is 47.7. The highest BCUT2D eigenvalue weighted by Gasteiger charge is 2.48. The minimum atomic E-state index is -5.07. The van der Waals surface area contributed by atoms with Gasteiger partial charge in [0.15, 0.2) is 6.29 Å². The van der Waals surface area contributed by atoms with Gasteiger partial charge in [-0.1, -0.05) is 254 Å². The average Bonchev–Trinajstić information content (AvgIpc) is 3.38. The van der Waals surface area contributed by atoms with E-state index in [0.717, 1.165) is 77.0 Å². The van der Waals surface area contributed by atoms with Crippen molar-refractivity contribution in [2.24, 2.45) is 0 Å². The Labute approximate surface area is 452 Å². The summed E-state index contributed by atoms with van der Waals surface area (Å²) in [5.41, 5.74) is 0. The summed E-state index contributed by atoms with van der Waals surface area (Å²) in [7, 11) is -5.07. The van der Waals surface area contributed by atoms with Gasteiger partial charge in [-0.15, -0.1) is 0 Å². The van der Waals surface area contributed by atoms with E-state index in [-0.39, 0.29) is 19.6 Å². The summed E-state index contributed by atoms with van der Waals surface area (Å²) in [6.45, 7) is 3.90. The fourth-order valence-electron chi connectivity index (χ4n) is 9.17. The first-order chi connectivity index (χ1) is 36.1. The van der Waals surface area contributed by atoms with Crippen molar-refractivity contribution in [2.75, 3.05) is 26.4 Å². The summed E-state index contributed by atoms with van der Waals surface area (Å²) >= 11 is 0. The molecule has 1 aliphatic heterocycles. The van der Waals surface area contributed by atoms with Crippen LogP contribution in [0.4, 0.5) is 0 Å². The van der Waals surface area contributed by atoms with Crippen LogP contribution in [0.15, 0.2) is 60.8 Å². The molecule has 0 aromatic rings. The summed E-state index contributed by atoms with van der Waals surface area (Å²) in [5, 5.41) is 30.9. The molecule has 0 spiro atoms. The molecule has 0 aromatic carbocycles. The van der Waals surface area contributed by atoms with Crippen molar-refractivity contribution in [1.29, 1.82) is 0 Å². The van der Waals surface area contributed by atoms with Gasteiger partial charge in [-0.3, -0.25) is 9.35 Å². The highest BCUT2D eigenvalue weighted by atomic mass is 32.3. The number of unbranched alkanes of at least 4 members (excludes halogenated alkanes) is 30. The van der Waals surface area contributed by atoms with Crippen LogP contribution in [0.1, 0.15) is 258 Å². The smallest absolute Gasteiger partial charge is 0.397 e. The van der Waals surface area contributed by atoms with Gasteiger partial charge in [-0.05, 0) is 57.8 Å². The van der Waals surface area contributed by atoms with Crippen LogP contribution in [0.2, 0.25) is 0 Å². The van der Waals surface area contributed by atoms with Crippen LogP contribution in [0.3, 0.4) is 0 Å². The van der Waals surface area contributed by atoms with E-state index >= 15 is 0 Å². The highest BCUT2D eigenvalue weighted by Crippen LogP contribution is 2.26. The van der Waals surface area contributed by atoms with Crippen molar-refractivity contribution in [2.45, 2.75) is 295 Å². The van der Waals surface area contributed by atoms with Gasteiger partial charge in [0, 0.05) is 13.0 Å². The van der Waals surface area contributed by atoms with Gasteiger partial charge in [0.05, 0.1) is 19.8 Å². The van der Waals surface area contributed by atoms with Crippen LogP contribution in [0, 0.1) is 0 Å². The first kappa shape index (κ1) is 69.8. The van der Waals surface area contributed by atoms with E-state index in [0.29, 0.717) is 13.0 Å². The van der Waals surface area contributed by atoms with Crippen LogP contribution >= 0.6 is 0 Å². The molecule has 6 unspecified atom stereocenters. The minimum Gasteiger partial charge on any atom is -0.457 e. The van der Waals surface area contributed by atoms with E-state index in [1.165, 1.54) is 154 Å². The Morgan fingerprint density at radius 1 is 0.527 bits per heavy atom. The zero-order chi connectivity index (χ0) is 53.8. The van der Waals surface area contributed by atoms with Crippen molar-refractivity contribution < 1.29 is 56.2 Å². The maximum Gasteiger partial charge on any atom is 0.397 e. The van der Waals surface area contributed by atoms with Crippen molar-refractivity contribution >= 4 is 16.4 Å². The van der Waals surface area contributed by atoms with Gasteiger partial charge in [-0.25, -0.2) is 4.18 Å². The number of aliphatic hydroxyl groups excluding tert-OH is 3. The second-order valence-electron chi connectivity index (χ2n) is 20.6. The topological polar surface area (TPSA) is 178 Å². The van der Waals surface area contributed by atoms with Gasteiger partial charge < -0.3 is 34.3 Å². The third-order valence-corrected chi connectivity index (χ3v) is 14.1. The van der Waals surface area contributed by atoms with E-state index in [1.54, 1.807) is 0 Å². The fraction of sp³-hybridized carbons (Fsp3) is 0.820. The summed E-state index contributed by atoms with van der Waals surface area (Å²) in [4.78, 5) is 13.0. The fourth-order valence-corrected chi connectivity index (χ4v) is 9.68. The Bertz CT molecular complexity index is 1510. The Hall–Kier alpha value is -2.20. The standard InChI is InChI=1S/C61H110O12S/c1-3-5-7-9-11-13-15-17-19-21-23-25-27-29-31-33-35-37-39-41-43-45-47-49-51-69-53-55(54-70-61-59(65)60(73-74(66,67)68)58(64)56(52-62)72-61)71-57(63)50-48-46-44-42-40-38-36-34-32-30-28-26-24-22-20-18-16-14-12-10-8-6-4-2/h5,7,11,13,17,19,23,25,29,31,55-56,58-62,64-65H,3-4,6,8-10,12,14-16,18,20-22,24,26-28,30,32-54H2,1-2H3,(H,66,67,68)/b7-5-,13-11-,19-17-,25-23-,31-29-. The lowest BCUT2D eigenvalue weighted by Gasteiger charge is -2.41. The molecular formula is C61H110O12S. The maximum absolute atomic E-state index is 13.0. The molecule has 432 valence electrons. The van der Waals surface area contributed by atoms with E-state index in [9.17, 15) is 33.1 Å². The Balaban J connectivity index is 2.28. The summed E-state index contributed by atoms with van der Waals surface area (Å²) in [6, 6.07) is 0. The Morgan fingerprint density at radius 2 is 0.932 bits per heavy atom. The molecule has 0 bridgehead atoms. The molecule has 1 rings (SSSR count). The SMILES string of the molecule is CC/C=C\C/C=C\C/C=C\C/C=C\C/C=C\CCCCCCCCCCOCC(COC1OC(CO)C(O)C(OS(=O)(=O)O)C1O)OC(=O)CCCCCCCCCCCCCCCCCCCCCCCCC. The zero-order valence-electron chi connectivity index (χ0n) is 46.9. The van der Waals surface area contributed by atoms with Gasteiger partial charge in [0.25, 0.3) is 0 Å². The van der Waals surface area contributed by atoms with Crippen LogP contribution in [0.25, 0.3) is 0 Å². The van der Waals surface area contributed by atoms with Crippen molar-refractivity contribution in [3.05, 3.63) is 60.8 Å². The second kappa shape index (κ2) is 51.6. The van der Waals surface area contributed by atoms with Gasteiger partial charge in [0.1, 0.15) is 30.5 Å². The van der Waals surface area contributed by atoms with Crippen molar-refractivity contribution in [3.8, 4) is 0 Å². The molecule has 0 radical (unpaired) electrons. The average molecular weight is 1070 g/mol. The molecule has 0 aliphatic carbocycles. The van der Waals surface area contributed by atoms with Gasteiger partial charge in [-0.2, -0.15) is 8.42 Å². The van der Waals surface area contributed by atoms with E-state index in [2.05, 4.69) is 78.8 Å². The van der Waals surface area contributed by atoms with Crippen LogP contribution in [-0.4, -0.2) is 97.5 Å². The molecule has 1 fully saturated rings. The number of ether oxygens (including phenoxy) is 4. The molecule has 0 amide bonds. The lowest BCUT2D eigenvalue weighted by Crippen LogP contribution is -2.60. The van der Waals surface area contributed by atoms with Crippen LogP contribution < -0.4 is 0 Å². The number of carbonyl (C=O) groups excluding carboxylic acids is 1. The van der Waals surface area contributed by atoms with E-state index < -0.39 is 59.8 Å². The number of hydrogen-bond acceptors (Lipinski definition) is 11. The molecule has 0 saturated carbocycles. The molecule has 0 aromatic heterocycles. The Morgan fingerprint density at radius 3 is 1.36 bits per heavy atom. The maximum atomic E-state index is 13.0. The number of hydrogen-bond donors (Lipinski definition) is 4. The molecule has 1 saturated heterocycles. The summed E-state index contributed by atoms with van der Waals surface area (Å²) in [6.07, 6.45) is 58.3. The van der Waals surface area contributed by atoms with Crippen LogP contribution in [0.5, 0.6) is 0 Å². The lowest BCUT2D eigenvalue weighted by atomic mass is 9.99. The van der Waals surface area contributed by atoms with E-state index in [1.807, 2.05) is 0 Å². The normalized spacial score (nSPS) is 19.1. The molecule has 1 aliphatic rings. The third-order valence-electron chi connectivity index (χ3n) is 13.7. The molecule has 6 atom stereocenters. The quantitative estimate of drug-likeness (QED) is 0.0196. The predicted molar refractivity (Wildman–Crippen MR) is 303 cm³/mol. The number of allylic oxidation sites excluding steroid dienone is 10.